The number of fused-ring (bicyclic) bond motifs is 1. The lowest BCUT2D eigenvalue weighted by Gasteiger charge is -2.39. The molecule has 2 amide bonds. The average molecular weight is 1010 g/mol. The Hall–Kier alpha value is -6.75. The van der Waals surface area contributed by atoms with Crippen molar-refractivity contribution in [3.05, 3.63) is 143 Å². The molecule has 0 spiro atoms. The third-order valence-electron chi connectivity index (χ3n) is 11.8. The first kappa shape index (κ1) is 53.1. The van der Waals surface area contributed by atoms with E-state index in [4.69, 9.17) is 37.5 Å². The predicted molar refractivity (Wildman–Crippen MR) is 269 cm³/mol. The van der Waals surface area contributed by atoms with Gasteiger partial charge in [-0.15, -0.1) is 0 Å². The summed E-state index contributed by atoms with van der Waals surface area (Å²) in [5, 5.41) is 14.9. The van der Waals surface area contributed by atoms with Gasteiger partial charge in [0.2, 0.25) is 11.9 Å². The normalized spacial score (nSPS) is 17.2. The van der Waals surface area contributed by atoms with Crippen molar-refractivity contribution in [3.63, 3.8) is 0 Å². The second-order valence-electron chi connectivity index (χ2n) is 17.1. The van der Waals surface area contributed by atoms with Gasteiger partial charge in [-0.1, -0.05) is 72.8 Å². The number of anilines is 1. The Balaban J connectivity index is 1.36. The van der Waals surface area contributed by atoms with E-state index in [9.17, 15) is 19.6 Å². The Morgan fingerprint density at radius 3 is 2.04 bits per heavy atom. The standard InChI is InChI=1S/C52H61N8O11P/c1-34(2)60(35(3)4)72(69-29-14-28-53)71-46-42(31-68-52(36-15-10-8-11-16-36,37-19-23-39(64-6)24-20-37)38-21-25-40(65-7)26-22-38)70-50(47(46)66-30-27-43(61)54-5)59-33-55-45-48(59)57-51(58-49(45)63)56-44(62)32-67-41-17-12-9-13-18-41/h8-13,15-26,33-35,42,46-47,50H,14,27,29-32H2,1-7H3,(H,54,61)(H2,56,57,58,62,63)/t42-,46-,47-,50-,72?/m1/s1. The van der Waals surface area contributed by atoms with Crippen molar-refractivity contribution >= 4 is 37.5 Å². The molecule has 1 fully saturated rings. The number of benzene rings is 4. The van der Waals surface area contributed by atoms with Crippen LogP contribution in [-0.2, 0) is 38.4 Å². The summed E-state index contributed by atoms with van der Waals surface area (Å²) in [7, 11) is 2.81. The summed E-state index contributed by atoms with van der Waals surface area (Å²) >= 11 is 0. The highest BCUT2D eigenvalue weighted by Gasteiger charge is 2.52. The molecule has 0 saturated carbocycles. The van der Waals surface area contributed by atoms with Gasteiger partial charge in [-0.3, -0.25) is 29.3 Å². The molecule has 2 aromatic heterocycles. The molecule has 1 saturated heterocycles. The molecule has 1 unspecified atom stereocenters. The van der Waals surface area contributed by atoms with Crippen LogP contribution in [-0.4, -0.2) is 114 Å². The lowest BCUT2D eigenvalue weighted by molar-refractivity contribution is -0.124. The van der Waals surface area contributed by atoms with Crippen LogP contribution in [0.4, 0.5) is 5.95 Å². The summed E-state index contributed by atoms with van der Waals surface area (Å²) in [6, 6.07) is 35.9. The highest BCUT2D eigenvalue weighted by molar-refractivity contribution is 7.44. The van der Waals surface area contributed by atoms with Crippen LogP contribution in [0.1, 0.15) is 63.5 Å². The van der Waals surface area contributed by atoms with E-state index in [0.29, 0.717) is 17.2 Å². The van der Waals surface area contributed by atoms with E-state index in [0.717, 1.165) is 16.7 Å². The number of aromatic amines is 1. The third-order valence-corrected chi connectivity index (χ3v) is 13.9. The summed E-state index contributed by atoms with van der Waals surface area (Å²) in [5.41, 5.74) is 0.421. The number of hydrogen-bond donors (Lipinski definition) is 3. The topological polar surface area (TPSA) is 223 Å². The molecule has 72 heavy (non-hydrogen) atoms. The van der Waals surface area contributed by atoms with Crippen LogP contribution < -0.4 is 30.4 Å². The van der Waals surface area contributed by atoms with E-state index in [-0.39, 0.29) is 74.4 Å². The molecule has 1 aliphatic heterocycles. The number of hydrogen-bond acceptors (Lipinski definition) is 15. The summed E-state index contributed by atoms with van der Waals surface area (Å²) in [6.07, 6.45) is -2.66. The van der Waals surface area contributed by atoms with Gasteiger partial charge in [-0.05, 0) is 80.8 Å². The van der Waals surface area contributed by atoms with Crippen LogP contribution in [0.3, 0.4) is 0 Å². The molecule has 6 aromatic rings. The Morgan fingerprint density at radius 2 is 1.46 bits per heavy atom. The van der Waals surface area contributed by atoms with Gasteiger partial charge in [0.15, 0.2) is 24.0 Å². The minimum absolute atomic E-state index is 0.0129. The number of ether oxygens (including phenoxy) is 6. The zero-order valence-corrected chi connectivity index (χ0v) is 42.2. The predicted octanol–water partition coefficient (Wildman–Crippen LogP) is 7.24. The summed E-state index contributed by atoms with van der Waals surface area (Å²) in [6.45, 7) is 7.62. The fourth-order valence-electron chi connectivity index (χ4n) is 8.47. The molecule has 1 aliphatic rings. The van der Waals surface area contributed by atoms with Crippen molar-refractivity contribution in [2.75, 3.05) is 53.0 Å². The Kier molecular flexibility index (Phi) is 18.5. The number of carbonyl (C=O) groups is 2. The molecule has 0 bridgehead atoms. The summed E-state index contributed by atoms with van der Waals surface area (Å²) < 4.78 is 55.4. The lowest BCUT2D eigenvalue weighted by atomic mass is 9.80. The molecular weight excluding hydrogens is 944 g/mol. The van der Waals surface area contributed by atoms with E-state index in [1.165, 1.54) is 13.4 Å². The zero-order valence-electron chi connectivity index (χ0n) is 41.4. The minimum Gasteiger partial charge on any atom is -0.497 e. The van der Waals surface area contributed by atoms with Gasteiger partial charge in [0.1, 0.15) is 41.2 Å². The second-order valence-corrected chi connectivity index (χ2v) is 18.6. The fraction of sp³-hybridized carbons (Fsp3) is 0.385. The van der Waals surface area contributed by atoms with Gasteiger partial charge >= 0.3 is 0 Å². The number of para-hydroxylation sites is 1. The summed E-state index contributed by atoms with van der Waals surface area (Å²) in [5.74, 6) is 0.776. The van der Waals surface area contributed by atoms with Gasteiger partial charge < -0.3 is 42.8 Å². The quantitative estimate of drug-likeness (QED) is 0.0292. The number of rotatable bonds is 25. The first-order valence-corrected chi connectivity index (χ1v) is 24.7. The van der Waals surface area contributed by atoms with Crippen LogP contribution in [0.5, 0.6) is 17.2 Å². The van der Waals surface area contributed by atoms with E-state index in [1.807, 2.05) is 113 Å². The van der Waals surface area contributed by atoms with Crippen LogP contribution in [0.2, 0.25) is 0 Å². The molecule has 20 heteroatoms. The van der Waals surface area contributed by atoms with E-state index >= 15 is 0 Å². The van der Waals surface area contributed by atoms with E-state index in [1.54, 1.807) is 43.1 Å². The Labute approximate surface area is 419 Å². The van der Waals surface area contributed by atoms with E-state index < -0.39 is 50.1 Å². The van der Waals surface area contributed by atoms with Crippen molar-refractivity contribution in [1.29, 1.82) is 5.26 Å². The number of nitriles is 1. The number of H-pyrrole nitrogens is 1. The molecule has 0 aliphatic carbocycles. The van der Waals surface area contributed by atoms with Crippen LogP contribution in [0.25, 0.3) is 11.2 Å². The highest BCUT2D eigenvalue weighted by Crippen LogP contribution is 2.51. The monoisotopic (exact) mass is 1000 g/mol. The number of methoxy groups -OCH3 is 2. The van der Waals surface area contributed by atoms with Crippen molar-refractivity contribution < 1.29 is 47.1 Å². The van der Waals surface area contributed by atoms with Gasteiger partial charge in [-0.2, -0.15) is 10.2 Å². The molecule has 4 aromatic carbocycles. The number of imidazole rings is 1. The highest BCUT2D eigenvalue weighted by atomic mass is 31.2. The van der Waals surface area contributed by atoms with Crippen LogP contribution in [0.15, 0.2) is 120 Å². The van der Waals surface area contributed by atoms with Gasteiger partial charge in [-0.25, -0.2) is 9.65 Å². The number of aromatic nitrogens is 4. The SMILES string of the molecule is CNC(=O)CCO[C@@H]1[C@H](OP(OCCC#N)N(C(C)C)C(C)C)[C@@H](COC(c2ccccc2)(c2ccc(OC)cc2)c2ccc(OC)cc2)O[C@H]1n1cnc2c(=O)[nH]c(NC(=O)COc3ccccc3)nc21. The maximum Gasteiger partial charge on any atom is 0.280 e. The Morgan fingerprint density at radius 1 is 0.847 bits per heavy atom. The maximum atomic E-state index is 13.7. The lowest BCUT2D eigenvalue weighted by Crippen LogP contribution is -2.43. The second kappa shape index (κ2) is 25.1. The molecule has 380 valence electrons. The third kappa shape index (κ3) is 12.5. The van der Waals surface area contributed by atoms with Gasteiger partial charge in [0, 0.05) is 25.6 Å². The first-order valence-electron chi connectivity index (χ1n) is 23.6. The zero-order chi connectivity index (χ0) is 51.2. The molecule has 0 radical (unpaired) electrons. The number of nitrogens with one attached hydrogen (secondary N) is 3. The molecule has 3 N–H and O–H groups in total. The van der Waals surface area contributed by atoms with Gasteiger partial charge in [0.25, 0.3) is 20.0 Å². The minimum atomic E-state index is -1.94. The molecule has 3 heterocycles. The maximum absolute atomic E-state index is 13.7. The number of amides is 2. The number of carbonyl (C=O) groups excluding carboxylic acids is 2. The van der Waals surface area contributed by atoms with Crippen molar-refractivity contribution in [2.24, 2.45) is 0 Å². The van der Waals surface area contributed by atoms with Crippen LogP contribution in [0, 0.1) is 11.3 Å². The number of nitrogens with zero attached hydrogens (tertiary/aromatic N) is 5. The van der Waals surface area contributed by atoms with Crippen molar-refractivity contribution in [3.8, 4) is 23.3 Å². The Bertz CT molecular complexity index is 2740. The fourth-order valence-corrected chi connectivity index (χ4v) is 10.2. The molecular formula is C52H61N8O11P. The summed E-state index contributed by atoms with van der Waals surface area (Å²) in [4.78, 5) is 51.3. The average Bonchev–Trinajstić information content (AvgIpc) is 3.97. The van der Waals surface area contributed by atoms with Gasteiger partial charge in [0.05, 0.1) is 52.9 Å². The first-order chi connectivity index (χ1) is 34.9. The molecule has 19 nitrogen and oxygen atoms in total. The van der Waals surface area contributed by atoms with E-state index in [2.05, 4.69) is 36.3 Å². The molecule has 7 rings (SSSR count). The largest absolute Gasteiger partial charge is 0.497 e. The smallest absolute Gasteiger partial charge is 0.280 e. The van der Waals surface area contributed by atoms with Crippen LogP contribution >= 0.6 is 8.53 Å². The van der Waals surface area contributed by atoms with Crippen molar-refractivity contribution in [2.45, 2.75) is 82.8 Å². The van der Waals surface area contributed by atoms with Crippen molar-refractivity contribution in [1.82, 2.24) is 29.5 Å². The molecule has 5 atom stereocenters.